The highest BCUT2D eigenvalue weighted by molar-refractivity contribution is 5.75. The summed E-state index contributed by atoms with van der Waals surface area (Å²) in [5.41, 5.74) is 2.27. The lowest BCUT2D eigenvalue weighted by atomic mass is 9.97. The van der Waals surface area contributed by atoms with E-state index in [1.807, 2.05) is 48.5 Å². The van der Waals surface area contributed by atoms with Gasteiger partial charge < -0.3 is 5.32 Å². The van der Waals surface area contributed by atoms with Crippen LogP contribution in [0.5, 0.6) is 0 Å². The van der Waals surface area contributed by atoms with Crippen molar-refractivity contribution in [2.45, 2.75) is 31.6 Å². The van der Waals surface area contributed by atoms with Gasteiger partial charge in [0.1, 0.15) is 0 Å². The highest BCUT2D eigenvalue weighted by Gasteiger charge is 2.10. The van der Waals surface area contributed by atoms with Gasteiger partial charge in [-0.1, -0.05) is 60.7 Å². The normalized spacial score (nSPS) is 11.4. The Balaban J connectivity index is 1.65. The Labute approximate surface area is 138 Å². The van der Waals surface area contributed by atoms with Crippen LogP contribution in [0.4, 0.5) is 0 Å². The Kier molecular flexibility index (Phi) is 6.87. The van der Waals surface area contributed by atoms with E-state index in [0.29, 0.717) is 19.4 Å². The van der Waals surface area contributed by atoms with Gasteiger partial charge in [-0.15, -0.1) is 0 Å². The predicted molar refractivity (Wildman–Crippen MR) is 91.8 cm³/mol. The second-order valence-corrected chi connectivity index (χ2v) is 5.57. The van der Waals surface area contributed by atoms with Crippen LogP contribution in [0.3, 0.4) is 0 Å². The molecule has 2 aromatic carbocycles. The van der Waals surface area contributed by atoms with Gasteiger partial charge in [-0.25, -0.2) is 0 Å². The Bertz CT molecular complexity index is 632. The molecule has 0 aliphatic rings. The Morgan fingerprint density at radius 2 is 1.70 bits per heavy atom. The van der Waals surface area contributed by atoms with Crippen LogP contribution in [0, 0.1) is 11.3 Å². The first kappa shape index (κ1) is 16.8. The third-order valence-electron chi connectivity index (χ3n) is 3.83. The monoisotopic (exact) mass is 306 g/mol. The Hall–Kier alpha value is -2.60. The van der Waals surface area contributed by atoms with Crippen LogP contribution in [0.1, 0.15) is 36.3 Å². The van der Waals surface area contributed by atoms with Gasteiger partial charge in [0.15, 0.2) is 0 Å². The van der Waals surface area contributed by atoms with Crippen molar-refractivity contribution in [3.05, 3.63) is 71.8 Å². The van der Waals surface area contributed by atoms with Gasteiger partial charge in [0.2, 0.25) is 5.91 Å². The van der Waals surface area contributed by atoms with Crippen molar-refractivity contribution in [2.24, 2.45) is 0 Å². The summed E-state index contributed by atoms with van der Waals surface area (Å²) in [6, 6.07) is 22.2. The molecule has 0 unspecified atom stereocenters. The first-order chi connectivity index (χ1) is 11.3. The highest BCUT2D eigenvalue weighted by Crippen LogP contribution is 2.17. The lowest BCUT2D eigenvalue weighted by molar-refractivity contribution is -0.121. The average Bonchev–Trinajstić information content (AvgIpc) is 2.60. The fourth-order valence-corrected chi connectivity index (χ4v) is 2.53. The van der Waals surface area contributed by atoms with Crippen LogP contribution < -0.4 is 5.32 Å². The molecule has 23 heavy (non-hydrogen) atoms. The Morgan fingerprint density at radius 1 is 1.04 bits per heavy atom. The average molecular weight is 306 g/mol. The number of benzene rings is 2. The van der Waals surface area contributed by atoms with Crippen LogP contribution in [-0.4, -0.2) is 12.5 Å². The van der Waals surface area contributed by atoms with E-state index in [2.05, 4.69) is 23.5 Å². The number of rotatable bonds is 8. The van der Waals surface area contributed by atoms with Crippen molar-refractivity contribution in [1.82, 2.24) is 5.32 Å². The zero-order valence-electron chi connectivity index (χ0n) is 13.2. The number of nitrogens with one attached hydrogen (secondary N) is 1. The number of amides is 1. The maximum Gasteiger partial charge on any atom is 0.220 e. The van der Waals surface area contributed by atoms with Crippen molar-refractivity contribution in [2.75, 3.05) is 6.54 Å². The van der Waals surface area contributed by atoms with Crippen molar-refractivity contribution in [3.63, 3.8) is 0 Å². The minimum Gasteiger partial charge on any atom is -0.356 e. The molecule has 1 atom stereocenters. The fourth-order valence-electron chi connectivity index (χ4n) is 2.53. The molecule has 0 aliphatic carbocycles. The molecule has 0 saturated carbocycles. The number of hydrogen-bond donors (Lipinski definition) is 1. The third kappa shape index (κ3) is 5.96. The first-order valence-corrected chi connectivity index (χ1v) is 8.05. The van der Waals surface area contributed by atoms with Gasteiger partial charge in [0.05, 0.1) is 12.0 Å². The standard InChI is InChI=1S/C20H22N2O/c21-16-19(18-11-5-2-6-12-18)14-15-22-20(23)13-7-10-17-8-3-1-4-9-17/h1-6,8-9,11-12,19H,7,10,13-15H2,(H,22,23)/t19-/m1/s1. The van der Waals surface area contributed by atoms with E-state index >= 15 is 0 Å². The molecule has 0 aliphatic heterocycles. The van der Waals surface area contributed by atoms with Gasteiger partial charge in [-0.05, 0) is 30.4 Å². The van der Waals surface area contributed by atoms with Crippen LogP contribution in [-0.2, 0) is 11.2 Å². The molecule has 1 amide bonds. The molecular formula is C20H22N2O. The maximum absolute atomic E-state index is 11.8. The van der Waals surface area contributed by atoms with Crippen molar-refractivity contribution in [1.29, 1.82) is 5.26 Å². The third-order valence-corrected chi connectivity index (χ3v) is 3.83. The molecule has 0 saturated heterocycles. The molecule has 2 rings (SSSR count). The van der Waals surface area contributed by atoms with E-state index in [4.69, 9.17) is 0 Å². The number of carbonyl (C=O) groups is 1. The SMILES string of the molecule is N#C[C@@H](CCNC(=O)CCCc1ccccc1)c1ccccc1. The van der Waals surface area contributed by atoms with Gasteiger partial charge in [0.25, 0.3) is 0 Å². The number of aryl methyl sites for hydroxylation is 1. The van der Waals surface area contributed by atoms with E-state index in [1.165, 1.54) is 5.56 Å². The van der Waals surface area contributed by atoms with E-state index in [-0.39, 0.29) is 11.8 Å². The Morgan fingerprint density at radius 3 is 2.35 bits per heavy atom. The summed E-state index contributed by atoms with van der Waals surface area (Å²) < 4.78 is 0. The quantitative estimate of drug-likeness (QED) is 0.806. The molecule has 0 fully saturated rings. The van der Waals surface area contributed by atoms with Gasteiger partial charge in [-0.3, -0.25) is 4.79 Å². The summed E-state index contributed by atoms with van der Waals surface area (Å²) in [7, 11) is 0. The number of carbonyl (C=O) groups excluding carboxylic acids is 1. The molecule has 118 valence electrons. The maximum atomic E-state index is 11.8. The second-order valence-electron chi connectivity index (χ2n) is 5.57. The highest BCUT2D eigenvalue weighted by atomic mass is 16.1. The van der Waals surface area contributed by atoms with Gasteiger partial charge in [0, 0.05) is 13.0 Å². The summed E-state index contributed by atoms with van der Waals surface area (Å²) in [6.45, 7) is 0.539. The molecule has 1 N–H and O–H groups in total. The molecule has 0 heterocycles. The molecule has 0 aromatic heterocycles. The van der Waals surface area contributed by atoms with Gasteiger partial charge in [-0.2, -0.15) is 5.26 Å². The topological polar surface area (TPSA) is 52.9 Å². The van der Waals surface area contributed by atoms with Crippen LogP contribution in [0.2, 0.25) is 0 Å². The molecule has 0 bridgehead atoms. The number of hydrogen-bond acceptors (Lipinski definition) is 2. The van der Waals surface area contributed by atoms with Gasteiger partial charge >= 0.3 is 0 Å². The zero-order valence-corrected chi connectivity index (χ0v) is 13.2. The van der Waals surface area contributed by atoms with Crippen molar-refractivity contribution < 1.29 is 4.79 Å². The second kappa shape index (κ2) is 9.42. The smallest absolute Gasteiger partial charge is 0.220 e. The largest absolute Gasteiger partial charge is 0.356 e. The first-order valence-electron chi connectivity index (χ1n) is 8.05. The molecule has 3 heteroatoms. The minimum absolute atomic E-state index is 0.0608. The molecule has 2 aromatic rings. The van der Waals surface area contributed by atoms with E-state index < -0.39 is 0 Å². The van der Waals surface area contributed by atoms with E-state index in [9.17, 15) is 10.1 Å². The number of nitrogens with zero attached hydrogens (tertiary/aromatic N) is 1. The van der Waals surface area contributed by atoms with E-state index in [0.717, 1.165) is 18.4 Å². The molecular weight excluding hydrogens is 284 g/mol. The van der Waals surface area contributed by atoms with Crippen molar-refractivity contribution in [3.8, 4) is 6.07 Å². The van der Waals surface area contributed by atoms with E-state index in [1.54, 1.807) is 0 Å². The van der Waals surface area contributed by atoms with Crippen LogP contribution in [0.15, 0.2) is 60.7 Å². The zero-order chi connectivity index (χ0) is 16.3. The van der Waals surface area contributed by atoms with Crippen LogP contribution >= 0.6 is 0 Å². The molecule has 0 spiro atoms. The fraction of sp³-hybridized carbons (Fsp3) is 0.300. The summed E-state index contributed by atoms with van der Waals surface area (Å²) >= 11 is 0. The predicted octanol–water partition coefficient (Wildman–Crippen LogP) is 3.82. The summed E-state index contributed by atoms with van der Waals surface area (Å²) in [5.74, 6) is -0.105. The van der Waals surface area contributed by atoms with Crippen LogP contribution in [0.25, 0.3) is 0 Å². The number of nitriles is 1. The molecule has 3 nitrogen and oxygen atoms in total. The lowest BCUT2D eigenvalue weighted by Crippen LogP contribution is -2.25. The lowest BCUT2D eigenvalue weighted by Gasteiger charge is -2.10. The van der Waals surface area contributed by atoms with Crippen molar-refractivity contribution >= 4 is 5.91 Å². The summed E-state index contributed by atoms with van der Waals surface area (Å²) in [6.07, 6.45) is 2.93. The molecule has 0 radical (unpaired) electrons. The summed E-state index contributed by atoms with van der Waals surface area (Å²) in [5, 5.41) is 12.2. The summed E-state index contributed by atoms with van der Waals surface area (Å²) in [4.78, 5) is 11.8. The minimum atomic E-state index is -0.166.